The van der Waals surface area contributed by atoms with E-state index in [0.29, 0.717) is 0 Å². The Labute approximate surface area is 64.6 Å². The van der Waals surface area contributed by atoms with Crippen LogP contribution in [0.4, 0.5) is 0 Å². The zero-order chi connectivity index (χ0) is 7.98. The Kier molecular flexibility index (Phi) is 5.00. The molecule has 0 aromatic heterocycles. The third-order valence-corrected chi connectivity index (χ3v) is 1.35. The van der Waals surface area contributed by atoms with Gasteiger partial charge in [-0.05, 0) is 27.2 Å². The van der Waals surface area contributed by atoms with Crippen LogP contribution in [0.15, 0.2) is 23.3 Å². The lowest BCUT2D eigenvalue weighted by Crippen LogP contribution is -1.73. The fraction of sp³-hybridized carbons (Fsp3) is 0.600. The molecule has 0 aliphatic carbocycles. The molecule has 0 aromatic rings. The minimum Gasteiger partial charge on any atom is -0.0764 e. The number of allylic oxidation sites excluding steroid dienone is 4. The van der Waals surface area contributed by atoms with Gasteiger partial charge in [-0.15, -0.1) is 0 Å². The summed E-state index contributed by atoms with van der Waals surface area (Å²) in [6.07, 6.45) is 6.85. The van der Waals surface area contributed by atoms with Crippen LogP contribution in [0.3, 0.4) is 0 Å². The quantitative estimate of drug-likeness (QED) is 0.522. The average Bonchev–Trinajstić information content (AvgIpc) is 1.85. The standard InChI is InChI=1S/C10H18/c1-5-6-10(4)8-7-9(2)3/h7-8H,5-6H2,1-4H3. The zero-order valence-corrected chi connectivity index (χ0v) is 7.57. The highest BCUT2D eigenvalue weighted by molar-refractivity contribution is 5.13. The molecule has 0 aromatic carbocycles. The SMILES string of the molecule is CCCC(C)=CC=C(C)C. The highest BCUT2D eigenvalue weighted by Crippen LogP contribution is 2.03. The first kappa shape index (κ1) is 9.48. The summed E-state index contributed by atoms with van der Waals surface area (Å²) in [5.74, 6) is 0. The Morgan fingerprint density at radius 2 is 1.70 bits per heavy atom. The first-order valence-electron chi connectivity index (χ1n) is 3.97. The highest BCUT2D eigenvalue weighted by Gasteiger charge is 1.83. The van der Waals surface area contributed by atoms with Gasteiger partial charge in [0, 0.05) is 0 Å². The average molecular weight is 138 g/mol. The van der Waals surface area contributed by atoms with Crippen molar-refractivity contribution < 1.29 is 0 Å². The number of hydrogen-bond donors (Lipinski definition) is 0. The lowest BCUT2D eigenvalue weighted by Gasteiger charge is -1.93. The fourth-order valence-electron chi connectivity index (χ4n) is 0.787. The molecule has 10 heavy (non-hydrogen) atoms. The van der Waals surface area contributed by atoms with Crippen molar-refractivity contribution in [3.63, 3.8) is 0 Å². The smallest absolute Gasteiger partial charge is 0.0323 e. The van der Waals surface area contributed by atoms with Crippen molar-refractivity contribution in [2.45, 2.75) is 40.5 Å². The normalized spacial score (nSPS) is 11.4. The maximum atomic E-state index is 2.21. The summed E-state index contributed by atoms with van der Waals surface area (Å²) in [4.78, 5) is 0. The van der Waals surface area contributed by atoms with Gasteiger partial charge in [0.1, 0.15) is 0 Å². The minimum absolute atomic E-state index is 1.23. The number of rotatable bonds is 3. The highest BCUT2D eigenvalue weighted by atomic mass is 13.9. The van der Waals surface area contributed by atoms with E-state index in [0.717, 1.165) is 0 Å². The molecule has 0 rings (SSSR count). The van der Waals surface area contributed by atoms with Gasteiger partial charge in [0.25, 0.3) is 0 Å². The van der Waals surface area contributed by atoms with E-state index >= 15 is 0 Å². The van der Waals surface area contributed by atoms with Crippen LogP contribution >= 0.6 is 0 Å². The molecule has 0 heterocycles. The topological polar surface area (TPSA) is 0 Å². The molecule has 0 spiro atoms. The number of hydrogen-bond acceptors (Lipinski definition) is 0. The van der Waals surface area contributed by atoms with Crippen LogP contribution in [-0.2, 0) is 0 Å². The monoisotopic (exact) mass is 138 g/mol. The van der Waals surface area contributed by atoms with Crippen LogP contribution in [0.25, 0.3) is 0 Å². The molecule has 0 heteroatoms. The van der Waals surface area contributed by atoms with Crippen LogP contribution in [0.5, 0.6) is 0 Å². The van der Waals surface area contributed by atoms with E-state index in [1.807, 2.05) is 0 Å². The van der Waals surface area contributed by atoms with E-state index in [9.17, 15) is 0 Å². The van der Waals surface area contributed by atoms with Gasteiger partial charge in [-0.25, -0.2) is 0 Å². The largest absolute Gasteiger partial charge is 0.0764 e. The summed E-state index contributed by atoms with van der Waals surface area (Å²) in [6.45, 7) is 8.63. The van der Waals surface area contributed by atoms with Gasteiger partial charge in [-0.3, -0.25) is 0 Å². The van der Waals surface area contributed by atoms with Gasteiger partial charge in [-0.1, -0.05) is 36.6 Å². The molecular weight excluding hydrogens is 120 g/mol. The summed E-state index contributed by atoms with van der Waals surface area (Å²) < 4.78 is 0. The summed E-state index contributed by atoms with van der Waals surface area (Å²) in [5, 5.41) is 0. The van der Waals surface area contributed by atoms with Crippen molar-refractivity contribution in [1.82, 2.24) is 0 Å². The van der Waals surface area contributed by atoms with E-state index in [4.69, 9.17) is 0 Å². The van der Waals surface area contributed by atoms with Crippen LogP contribution < -0.4 is 0 Å². The second kappa shape index (κ2) is 5.28. The fourth-order valence-corrected chi connectivity index (χ4v) is 0.787. The van der Waals surface area contributed by atoms with Crippen LogP contribution in [0.1, 0.15) is 40.5 Å². The third-order valence-electron chi connectivity index (χ3n) is 1.35. The molecule has 0 nitrogen and oxygen atoms in total. The van der Waals surface area contributed by atoms with Crippen LogP contribution in [0.2, 0.25) is 0 Å². The van der Waals surface area contributed by atoms with Gasteiger partial charge in [0.2, 0.25) is 0 Å². The molecule has 0 saturated heterocycles. The van der Waals surface area contributed by atoms with Crippen molar-refractivity contribution in [3.05, 3.63) is 23.3 Å². The van der Waals surface area contributed by atoms with Crippen molar-refractivity contribution in [3.8, 4) is 0 Å². The van der Waals surface area contributed by atoms with Crippen molar-refractivity contribution in [2.24, 2.45) is 0 Å². The molecule has 58 valence electrons. The molecule has 0 radical (unpaired) electrons. The van der Waals surface area contributed by atoms with E-state index in [1.54, 1.807) is 0 Å². The van der Waals surface area contributed by atoms with Crippen molar-refractivity contribution in [1.29, 1.82) is 0 Å². The molecule has 0 saturated carbocycles. The molecule has 0 N–H and O–H groups in total. The maximum absolute atomic E-state index is 2.21. The Morgan fingerprint density at radius 3 is 2.10 bits per heavy atom. The first-order chi connectivity index (χ1) is 4.66. The second-order valence-electron chi connectivity index (χ2n) is 3.01. The maximum Gasteiger partial charge on any atom is -0.0323 e. The summed E-state index contributed by atoms with van der Waals surface area (Å²) in [5.41, 5.74) is 2.85. The third kappa shape index (κ3) is 5.61. The van der Waals surface area contributed by atoms with Gasteiger partial charge in [0.05, 0.1) is 0 Å². The molecule has 0 amide bonds. The Balaban J connectivity index is 3.79. The van der Waals surface area contributed by atoms with Gasteiger partial charge >= 0.3 is 0 Å². The van der Waals surface area contributed by atoms with E-state index < -0.39 is 0 Å². The summed E-state index contributed by atoms with van der Waals surface area (Å²) in [7, 11) is 0. The lowest BCUT2D eigenvalue weighted by atomic mass is 10.1. The summed E-state index contributed by atoms with van der Waals surface area (Å²) in [6, 6.07) is 0. The van der Waals surface area contributed by atoms with Crippen molar-refractivity contribution >= 4 is 0 Å². The Hall–Kier alpha value is -0.520. The van der Waals surface area contributed by atoms with Gasteiger partial charge in [0.15, 0.2) is 0 Å². The van der Waals surface area contributed by atoms with Crippen LogP contribution in [-0.4, -0.2) is 0 Å². The first-order valence-corrected chi connectivity index (χ1v) is 3.97. The predicted molar refractivity (Wildman–Crippen MR) is 48.1 cm³/mol. The molecule has 0 unspecified atom stereocenters. The molecule has 0 atom stereocenters. The van der Waals surface area contributed by atoms with Crippen molar-refractivity contribution in [2.75, 3.05) is 0 Å². The molecule has 0 aliphatic heterocycles. The molecule has 0 fully saturated rings. The lowest BCUT2D eigenvalue weighted by molar-refractivity contribution is 0.905. The Bertz CT molecular complexity index is 134. The van der Waals surface area contributed by atoms with E-state index in [1.165, 1.54) is 24.0 Å². The second-order valence-corrected chi connectivity index (χ2v) is 3.01. The van der Waals surface area contributed by atoms with Crippen LogP contribution in [0, 0.1) is 0 Å². The molecule has 0 bridgehead atoms. The molecular formula is C10H18. The zero-order valence-electron chi connectivity index (χ0n) is 7.57. The Morgan fingerprint density at radius 1 is 1.10 bits per heavy atom. The predicted octanol–water partition coefficient (Wildman–Crippen LogP) is 3.70. The van der Waals surface area contributed by atoms with E-state index in [2.05, 4.69) is 39.8 Å². The van der Waals surface area contributed by atoms with E-state index in [-0.39, 0.29) is 0 Å². The minimum atomic E-state index is 1.23. The van der Waals surface area contributed by atoms with Gasteiger partial charge < -0.3 is 0 Å². The molecule has 0 aliphatic rings. The van der Waals surface area contributed by atoms with Gasteiger partial charge in [-0.2, -0.15) is 0 Å². The summed E-state index contributed by atoms with van der Waals surface area (Å²) >= 11 is 0.